The number of amides is 1. The van der Waals surface area contributed by atoms with Crippen LogP contribution in [0.3, 0.4) is 0 Å². The molecule has 154 valence electrons. The lowest BCUT2D eigenvalue weighted by Gasteiger charge is -2.44. The molecule has 7 heteroatoms. The molecule has 2 fully saturated rings. The summed E-state index contributed by atoms with van der Waals surface area (Å²) in [5, 5.41) is 0.668. The first kappa shape index (κ1) is 20.2. The molecule has 4 rings (SSSR count). The lowest BCUT2D eigenvalue weighted by atomic mass is 10.0. The predicted octanol–water partition coefficient (Wildman–Crippen LogP) is 2.69. The second-order valence-corrected chi connectivity index (χ2v) is 8.71. The van der Waals surface area contributed by atoms with E-state index in [0.717, 1.165) is 45.7 Å². The molecule has 3 heterocycles. The highest BCUT2D eigenvalue weighted by molar-refractivity contribution is 7.99. The zero-order chi connectivity index (χ0) is 20.1. The Bertz CT molecular complexity index is 810. The van der Waals surface area contributed by atoms with E-state index in [9.17, 15) is 4.79 Å². The molecule has 6 nitrogen and oxygen atoms in total. The van der Waals surface area contributed by atoms with E-state index in [2.05, 4.69) is 51.0 Å². The highest BCUT2D eigenvalue weighted by atomic mass is 32.2. The second-order valence-electron chi connectivity index (χ2n) is 7.77. The molecule has 1 amide bonds. The van der Waals surface area contributed by atoms with Crippen molar-refractivity contribution in [2.24, 2.45) is 0 Å². The van der Waals surface area contributed by atoms with Crippen LogP contribution in [0.5, 0.6) is 0 Å². The van der Waals surface area contributed by atoms with Gasteiger partial charge in [-0.05, 0) is 37.5 Å². The Morgan fingerprint density at radius 2 is 1.83 bits per heavy atom. The largest absolute Gasteiger partial charge is 0.369 e. The summed E-state index contributed by atoms with van der Waals surface area (Å²) in [5.41, 5.74) is 2.70. The Labute approximate surface area is 177 Å². The van der Waals surface area contributed by atoms with Crippen molar-refractivity contribution in [2.75, 3.05) is 49.9 Å². The van der Waals surface area contributed by atoms with Gasteiger partial charge in [-0.3, -0.25) is 9.69 Å². The molecule has 1 aromatic carbocycles. The monoisotopic (exact) mass is 411 g/mol. The third kappa shape index (κ3) is 5.08. The summed E-state index contributed by atoms with van der Waals surface area (Å²) in [6, 6.07) is 10.9. The van der Waals surface area contributed by atoms with Gasteiger partial charge < -0.3 is 9.80 Å². The van der Waals surface area contributed by atoms with E-state index in [1.165, 1.54) is 29.4 Å². The molecule has 1 atom stereocenters. The zero-order valence-electron chi connectivity index (χ0n) is 17.0. The van der Waals surface area contributed by atoms with E-state index in [1.54, 1.807) is 18.5 Å². The van der Waals surface area contributed by atoms with E-state index in [-0.39, 0.29) is 5.91 Å². The first-order valence-corrected chi connectivity index (χ1v) is 11.4. The zero-order valence-corrected chi connectivity index (χ0v) is 17.9. The van der Waals surface area contributed by atoms with E-state index in [4.69, 9.17) is 0 Å². The fraction of sp³-hybridized carbons (Fsp3) is 0.500. The molecule has 2 aliphatic heterocycles. The topological polar surface area (TPSA) is 52.6 Å². The number of nitrogens with zero attached hydrogens (tertiary/aromatic N) is 5. The average molecular weight is 412 g/mol. The lowest BCUT2D eigenvalue weighted by Crippen LogP contribution is -2.56. The maximum absolute atomic E-state index is 12.7. The molecule has 0 N–H and O–H groups in total. The van der Waals surface area contributed by atoms with Gasteiger partial charge in [-0.15, -0.1) is 0 Å². The smallest absolute Gasteiger partial charge is 0.233 e. The molecular formula is C22H29N5OS. The number of anilines is 1. The molecule has 0 spiro atoms. The molecule has 0 bridgehead atoms. The second kappa shape index (κ2) is 9.59. The Balaban J connectivity index is 1.28. The van der Waals surface area contributed by atoms with Gasteiger partial charge in [0.05, 0.1) is 5.75 Å². The number of piperazine rings is 1. The first-order valence-electron chi connectivity index (χ1n) is 10.4. The van der Waals surface area contributed by atoms with Gasteiger partial charge in [0.15, 0.2) is 5.16 Å². The maximum atomic E-state index is 12.7. The standard InChI is InChI=1S/C22H29N5OS/c1-18-6-2-3-8-20(18)26-14-12-25(13-15-26)19-7-4-11-27(16-19)21(28)17-29-22-23-9-5-10-24-22/h2-3,5-6,8-10,19H,4,7,11-17H2,1H3. The number of likely N-dealkylation sites (tertiary alicyclic amines) is 1. The Morgan fingerprint density at radius 3 is 2.59 bits per heavy atom. The summed E-state index contributed by atoms with van der Waals surface area (Å²) in [4.78, 5) is 28.2. The molecule has 1 unspecified atom stereocenters. The normalized spacial score (nSPS) is 20.7. The van der Waals surface area contributed by atoms with Gasteiger partial charge in [-0.25, -0.2) is 9.97 Å². The Morgan fingerprint density at radius 1 is 1.07 bits per heavy atom. The van der Waals surface area contributed by atoms with Crippen LogP contribution in [-0.4, -0.2) is 76.7 Å². The van der Waals surface area contributed by atoms with Crippen LogP contribution >= 0.6 is 11.8 Å². The van der Waals surface area contributed by atoms with Crippen molar-refractivity contribution in [1.82, 2.24) is 19.8 Å². The van der Waals surface area contributed by atoms with Crippen molar-refractivity contribution in [3.63, 3.8) is 0 Å². The van der Waals surface area contributed by atoms with Crippen molar-refractivity contribution in [1.29, 1.82) is 0 Å². The maximum Gasteiger partial charge on any atom is 0.233 e. The number of thioether (sulfide) groups is 1. The van der Waals surface area contributed by atoms with Gasteiger partial charge in [-0.1, -0.05) is 30.0 Å². The third-order valence-corrected chi connectivity index (χ3v) is 6.76. The molecule has 2 aliphatic rings. The summed E-state index contributed by atoms with van der Waals surface area (Å²) in [6.07, 6.45) is 5.70. The van der Waals surface area contributed by atoms with Crippen LogP contribution in [0.25, 0.3) is 0 Å². The Kier molecular flexibility index (Phi) is 6.67. The predicted molar refractivity (Wildman–Crippen MR) is 117 cm³/mol. The minimum atomic E-state index is 0.200. The summed E-state index contributed by atoms with van der Waals surface area (Å²) < 4.78 is 0. The lowest BCUT2D eigenvalue weighted by molar-refractivity contribution is -0.130. The van der Waals surface area contributed by atoms with E-state index in [0.29, 0.717) is 17.0 Å². The van der Waals surface area contributed by atoms with Crippen molar-refractivity contribution in [2.45, 2.75) is 31.0 Å². The quantitative estimate of drug-likeness (QED) is 0.557. The first-order chi connectivity index (χ1) is 14.2. The van der Waals surface area contributed by atoms with Gasteiger partial charge in [-0.2, -0.15) is 0 Å². The van der Waals surface area contributed by atoms with Crippen LogP contribution in [0.2, 0.25) is 0 Å². The molecule has 1 aromatic heterocycles. The minimum absolute atomic E-state index is 0.200. The number of piperidine rings is 1. The van der Waals surface area contributed by atoms with Crippen LogP contribution in [0, 0.1) is 6.92 Å². The number of carbonyl (C=O) groups excluding carboxylic acids is 1. The van der Waals surface area contributed by atoms with Crippen molar-refractivity contribution >= 4 is 23.4 Å². The van der Waals surface area contributed by atoms with Gasteiger partial charge >= 0.3 is 0 Å². The molecule has 2 aromatic rings. The van der Waals surface area contributed by atoms with E-state index in [1.807, 2.05) is 4.90 Å². The minimum Gasteiger partial charge on any atom is -0.369 e. The SMILES string of the molecule is Cc1ccccc1N1CCN(C2CCCN(C(=O)CSc3ncccn3)C2)CC1. The van der Waals surface area contributed by atoms with Crippen LogP contribution in [-0.2, 0) is 4.79 Å². The molecule has 0 aliphatic carbocycles. The van der Waals surface area contributed by atoms with E-state index < -0.39 is 0 Å². The highest BCUT2D eigenvalue weighted by Crippen LogP contribution is 2.24. The van der Waals surface area contributed by atoms with Crippen molar-refractivity contribution in [3.05, 3.63) is 48.3 Å². The number of para-hydroxylation sites is 1. The number of hydrogen-bond acceptors (Lipinski definition) is 6. The summed E-state index contributed by atoms with van der Waals surface area (Å²) in [7, 11) is 0. The van der Waals surface area contributed by atoms with Gasteiger partial charge in [0.25, 0.3) is 0 Å². The average Bonchev–Trinajstić information content (AvgIpc) is 2.79. The number of hydrogen-bond donors (Lipinski definition) is 0. The fourth-order valence-electron chi connectivity index (χ4n) is 4.30. The van der Waals surface area contributed by atoms with Crippen LogP contribution in [0.4, 0.5) is 5.69 Å². The number of aryl methyl sites for hydroxylation is 1. The third-order valence-electron chi connectivity index (χ3n) is 5.90. The van der Waals surface area contributed by atoms with Crippen molar-refractivity contribution in [3.8, 4) is 0 Å². The molecule has 2 saturated heterocycles. The van der Waals surface area contributed by atoms with Crippen LogP contribution in [0.1, 0.15) is 18.4 Å². The van der Waals surface area contributed by atoms with E-state index >= 15 is 0 Å². The molecule has 29 heavy (non-hydrogen) atoms. The van der Waals surface area contributed by atoms with Crippen LogP contribution in [0.15, 0.2) is 47.9 Å². The summed E-state index contributed by atoms with van der Waals surface area (Å²) >= 11 is 1.42. The highest BCUT2D eigenvalue weighted by Gasteiger charge is 2.30. The van der Waals surface area contributed by atoms with Gasteiger partial charge in [0.1, 0.15) is 0 Å². The van der Waals surface area contributed by atoms with Gasteiger partial charge in [0, 0.05) is 63.4 Å². The number of aromatic nitrogens is 2. The number of carbonyl (C=O) groups is 1. The fourth-order valence-corrected chi connectivity index (χ4v) is 5.01. The van der Waals surface area contributed by atoms with Crippen molar-refractivity contribution < 1.29 is 4.79 Å². The summed E-state index contributed by atoms with van der Waals surface area (Å²) in [6.45, 7) is 8.13. The molecule has 0 radical (unpaired) electrons. The Hall–Kier alpha value is -2.12. The van der Waals surface area contributed by atoms with Gasteiger partial charge in [0.2, 0.25) is 5.91 Å². The number of benzene rings is 1. The molecular weight excluding hydrogens is 382 g/mol. The number of rotatable bonds is 5. The van der Waals surface area contributed by atoms with Crippen LogP contribution < -0.4 is 4.90 Å². The molecule has 0 saturated carbocycles. The summed E-state index contributed by atoms with van der Waals surface area (Å²) in [5.74, 6) is 0.614.